The van der Waals surface area contributed by atoms with Crippen LogP contribution in [0.15, 0.2) is 12.5 Å². The van der Waals surface area contributed by atoms with Crippen LogP contribution in [-0.4, -0.2) is 80.8 Å². The van der Waals surface area contributed by atoms with Crippen molar-refractivity contribution in [3.8, 4) is 0 Å². The lowest BCUT2D eigenvalue weighted by molar-refractivity contribution is -0.142. The number of hydrogen-bond acceptors (Lipinski definition) is 8. The van der Waals surface area contributed by atoms with Gasteiger partial charge in [-0.15, -0.1) is 0 Å². The van der Waals surface area contributed by atoms with E-state index in [4.69, 9.17) is 11.5 Å². The molecule has 0 spiro atoms. The monoisotopic (exact) mass is 513 g/mol. The van der Waals surface area contributed by atoms with Gasteiger partial charge in [0.15, 0.2) is 0 Å². The number of H-pyrrole nitrogens is 1. The molecule has 0 bridgehead atoms. The Morgan fingerprint density at radius 3 is 2.23 bits per heavy atom. The fourth-order valence-corrected chi connectivity index (χ4v) is 3.55. The van der Waals surface area contributed by atoms with Gasteiger partial charge in [0.25, 0.3) is 0 Å². The molecule has 0 aliphatic carbocycles. The minimum Gasteiger partial charge on any atom is -0.480 e. The molecule has 4 unspecified atom stereocenters. The molecule has 0 fully saturated rings. The zero-order valence-electron chi connectivity index (χ0n) is 20.1. The predicted octanol–water partition coefficient (Wildman–Crippen LogP) is -1.51. The third-order valence-corrected chi connectivity index (χ3v) is 5.77. The standard InChI is InChI=1S/C21H35N7O6S/c1-11(2)17(20(32)27-15(21(33)34)8-12-9-24-10-25-12)28-19(31)14(6-7-35-3)26-18(30)13(22)4-5-16(23)29/h9-11,13-15,17H,4-8,22H2,1-3H3,(H2,23,29)(H,24,25)(H,26,30)(H,27,32)(H,28,31)(H,33,34). The van der Waals surface area contributed by atoms with Gasteiger partial charge in [0.1, 0.15) is 18.1 Å². The molecule has 14 heteroatoms. The first-order valence-electron chi connectivity index (χ1n) is 11.1. The van der Waals surface area contributed by atoms with Crippen molar-refractivity contribution in [3.05, 3.63) is 18.2 Å². The van der Waals surface area contributed by atoms with Gasteiger partial charge in [-0.1, -0.05) is 13.8 Å². The first kappa shape index (κ1) is 29.9. The van der Waals surface area contributed by atoms with E-state index in [0.29, 0.717) is 11.4 Å². The van der Waals surface area contributed by atoms with Crippen molar-refractivity contribution in [1.29, 1.82) is 0 Å². The van der Waals surface area contributed by atoms with Crippen molar-refractivity contribution in [3.63, 3.8) is 0 Å². The molecule has 4 amide bonds. The Bertz CT molecular complexity index is 864. The Balaban J connectivity index is 2.89. The molecule has 35 heavy (non-hydrogen) atoms. The van der Waals surface area contributed by atoms with E-state index in [2.05, 4.69) is 25.9 Å². The molecule has 9 N–H and O–H groups in total. The highest BCUT2D eigenvalue weighted by Crippen LogP contribution is 2.08. The van der Waals surface area contributed by atoms with E-state index in [9.17, 15) is 29.1 Å². The lowest BCUT2D eigenvalue weighted by atomic mass is 10.0. The summed E-state index contributed by atoms with van der Waals surface area (Å²) in [6.45, 7) is 3.40. The van der Waals surface area contributed by atoms with Crippen LogP contribution in [-0.2, 0) is 30.4 Å². The summed E-state index contributed by atoms with van der Waals surface area (Å²) in [5.41, 5.74) is 11.4. The van der Waals surface area contributed by atoms with Gasteiger partial charge in [-0.2, -0.15) is 11.8 Å². The highest BCUT2D eigenvalue weighted by molar-refractivity contribution is 7.98. The summed E-state index contributed by atoms with van der Waals surface area (Å²) < 4.78 is 0. The minimum absolute atomic E-state index is 0.0184. The smallest absolute Gasteiger partial charge is 0.326 e. The van der Waals surface area contributed by atoms with E-state index in [1.807, 2.05) is 6.26 Å². The number of amides is 4. The van der Waals surface area contributed by atoms with E-state index >= 15 is 0 Å². The maximum absolute atomic E-state index is 13.0. The predicted molar refractivity (Wildman–Crippen MR) is 130 cm³/mol. The molecule has 0 aromatic carbocycles. The van der Waals surface area contributed by atoms with E-state index < -0.39 is 53.8 Å². The Kier molecular flexibility index (Phi) is 12.8. The molecular formula is C21H35N7O6S. The van der Waals surface area contributed by atoms with E-state index in [1.54, 1.807) is 13.8 Å². The van der Waals surface area contributed by atoms with Gasteiger partial charge in [0.05, 0.1) is 12.4 Å². The van der Waals surface area contributed by atoms with E-state index in [1.165, 1.54) is 24.3 Å². The number of carboxylic acid groups (broad SMARTS) is 1. The highest BCUT2D eigenvalue weighted by Gasteiger charge is 2.32. The van der Waals surface area contributed by atoms with Gasteiger partial charge in [0.2, 0.25) is 23.6 Å². The van der Waals surface area contributed by atoms with Crippen LogP contribution in [0.3, 0.4) is 0 Å². The number of carbonyl (C=O) groups is 5. The molecule has 0 saturated heterocycles. The Morgan fingerprint density at radius 2 is 1.71 bits per heavy atom. The third kappa shape index (κ3) is 10.8. The minimum atomic E-state index is -1.24. The lowest BCUT2D eigenvalue weighted by Crippen LogP contribution is -2.58. The number of primary amides is 1. The van der Waals surface area contributed by atoms with Crippen LogP contribution in [0.2, 0.25) is 0 Å². The van der Waals surface area contributed by atoms with Crippen LogP contribution in [0.1, 0.15) is 38.8 Å². The number of nitrogens with two attached hydrogens (primary N) is 2. The second kappa shape index (κ2) is 15.0. The average molecular weight is 514 g/mol. The second-order valence-corrected chi connectivity index (χ2v) is 9.35. The number of nitrogens with one attached hydrogen (secondary N) is 4. The number of thioether (sulfide) groups is 1. The van der Waals surface area contributed by atoms with E-state index in [0.717, 1.165) is 0 Å². The van der Waals surface area contributed by atoms with Crippen molar-refractivity contribution in [1.82, 2.24) is 25.9 Å². The summed E-state index contributed by atoms with van der Waals surface area (Å²) in [6.07, 6.45) is 4.90. The molecule has 1 aromatic heterocycles. The number of carbonyl (C=O) groups excluding carboxylic acids is 4. The molecule has 1 rings (SSSR count). The Labute approximate surface area is 207 Å². The molecule has 0 aliphatic heterocycles. The quantitative estimate of drug-likeness (QED) is 0.136. The number of aromatic amines is 1. The van der Waals surface area contributed by atoms with Crippen molar-refractivity contribution >= 4 is 41.4 Å². The summed E-state index contributed by atoms with van der Waals surface area (Å²) in [6, 6.07) is -4.31. The largest absolute Gasteiger partial charge is 0.480 e. The summed E-state index contributed by atoms with van der Waals surface area (Å²) in [5.74, 6) is -3.57. The third-order valence-electron chi connectivity index (χ3n) is 5.12. The molecule has 196 valence electrons. The maximum Gasteiger partial charge on any atom is 0.326 e. The Hall–Kier alpha value is -3.13. The normalized spacial score (nSPS) is 14.4. The van der Waals surface area contributed by atoms with Gasteiger partial charge >= 0.3 is 5.97 Å². The number of hydrogen-bond donors (Lipinski definition) is 7. The van der Waals surface area contributed by atoms with Crippen LogP contribution in [0, 0.1) is 5.92 Å². The van der Waals surface area contributed by atoms with Gasteiger partial charge in [-0.25, -0.2) is 9.78 Å². The number of carboxylic acids is 1. The molecule has 0 aliphatic rings. The number of imidazole rings is 1. The molecule has 4 atom stereocenters. The maximum atomic E-state index is 13.0. The molecule has 13 nitrogen and oxygen atoms in total. The van der Waals surface area contributed by atoms with Crippen molar-refractivity contribution in [2.24, 2.45) is 17.4 Å². The summed E-state index contributed by atoms with van der Waals surface area (Å²) in [7, 11) is 0. The van der Waals surface area contributed by atoms with E-state index in [-0.39, 0.29) is 31.6 Å². The molecule has 1 aromatic rings. The van der Waals surface area contributed by atoms with Crippen LogP contribution in [0.5, 0.6) is 0 Å². The lowest BCUT2D eigenvalue weighted by Gasteiger charge is -2.27. The average Bonchev–Trinajstić information content (AvgIpc) is 3.30. The Morgan fingerprint density at radius 1 is 1.06 bits per heavy atom. The SMILES string of the molecule is CSCCC(NC(=O)C(N)CCC(N)=O)C(=O)NC(C(=O)NC(Cc1cnc[nH]1)C(=O)O)C(C)C. The van der Waals surface area contributed by atoms with Crippen molar-refractivity contribution < 1.29 is 29.1 Å². The number of nitrogens with zero attached hydrogens (tertiary/aromatic N) is 1. The van der Waals surface area contributed by atoms with Crippen molar-refractivity contribution in [2.75, 3.05) is 12.0 Å². The number of rotatable bonds is 16. The summed E-state index contributed by atoms with van der Waals surface area (Å²) >= 11 is 1.47. The molecule has 1 heterocycles. The van der Waals surface area contributed by atoms with Crippen molar-refractivity contribution in [2.45, 2.75) is 63.7 Å². The molecule has 0 saturated carbocycles. The highest BCUT2D eigenvalue weighted by atomic mass is 32.2. The van der Waals surface area contributed by atoms with Crippen LogP contribution < -0.4 is 27.4 Å². The molecular weight excluding hydrogens is 478 g/mol. The topological polar surface area (TPSA) is 222 Å². The van der Waals surface area contributed by atoms with Gasteiger partial charge in [-0.05, 0) is 30.8 Å². The molecule has 0 radical (unpaired) electrons. The van der Waals surface area contributed by atoms with Gasteiger partial charge in [0, 0.05) is 24.7 Å². The van der Waals surface area contributed by atoms with Crippen LogP contribution >= 0.6 is 11.8 Å². The second-order valence-electron chi connectivity index (χ2n) is 8.36. The number of aliphatic carboxylic acids is 1. The van der Waals surface area contributed by atoms with Crippen LogP contribution in [0.25, 0.3) is 0 Å². The fraction of sp³-hybridized carbons (Fsp3) is 0.619. The first-order valence-corrected chi connectivity index (χ1v) is 12.5. The first-order chi connectivity index (χ1) is 16.5. The fourth-order valence-electron chi connectivity index (χ4n) is 3.08. The zero-order chi connectivity index (χ0) is 26.5. The summed E-state index contributed by atoms with van der Waals surface area (Å²) in [5, 5.41) is 17.2. The van der Waals surface area contributed by atoms with Gasteiger partial charge in [-0.3, -0.25) is 19.2 Å². The van der Waals surface area contributed by atoms with Gasteiger partial charge < -0.3 is 37.5 Å². The number of aromatic nitrogens is 2. The van der Waals surface area contributed by atoms with Crippen LogP contribution in [0.4, 0.5) is 0 Å². The zero-order valence-corrected chi connectivity index (χ0v) is 20.9. The summed E-state index contributed by atoms with van der Waals surface area (Å²) in [4.78, 5) is 67.6.